The number of hydrogen-bond acceptors (Lipinski definition) is 22. The topological polar surface area (TPSA) is 371 Å². The van der Waals surface area contributed by atoms with Gasteiger partial charge in [-0.15, -0.1) is 0 Å². The third kappa shape index (κ3) is 20.0. The number of carbonyl (C=O) groups excluding carboxylic acids is 6. The summed E-state index contributed by atoms with van der Waals surface area (Å²) in [4.78, 5) is 107. The minimum Gasteiger partial charge on any atom is -0.491 e. The van der Waals surface area contributed by atoms with Crippen LogP contribution < -0.4 is 40.5 Å². The Bertz CT molecular complexity index is 3050. The van der Waals surface area contributed by atoms with Gasteiger partial charge in [-0.25, -0.2) is 19.2 Å². The lowest BCUT2D eigenvalue weighted by Crippen LogP contribution is -2.66. The lowest BCUT2D eigenvalue weighted by Gasteiger charge is -2.41. The van der Waals surface area contributed by atoms with Gasteiger partial charge in [0.25, 0.3) is 0 Å². The number of amides is 2. The molecule has 8 unspecified atom stereocenters. The van der Waals surface area contributed by atoms with Crippen molar-refractivity contribution in [2.75, 3.05) is 75.6 Å². The van der Waals surface area contributed by atoms with E-state index < -0.39 is 80.9 Å². The summed E-state index contributed by atoms with van der Waals surface area (Å²) in [5.74, 6) is -5.77. The minimum absolute atomic E-state index is 0. The van der Waals surface area contributed by atoms with Gasteiger partial charge < -0.3 is 75.2 Å². The average molecular weight is 1330 g/mol. The molecule has 0 saturated heterocycles. The molecule has 6 rings (SSSR count). The number of rotatable bonds is 32. The van der Waals surface area contributed by atoms with E-state index in [1.165, 1.54) is 37.5 Å². The standard InChI is InChI=1S/2C34H46N4O9.H2O/c2*1-7-45-32(41)30-23(4)36-24(5)34(38(43)44,31(30)26-12-9-8-10-13-26)33(42)46-19-11-18-37(25(6)39)27-14-16-29(17-15-27)47-21-28(40)20-35-22(2)3;/h2*8-10,12-17,22,24,28,31,35-36,40H,7,11,18-21H2,1-6H3;1H2. The van der Waals surface area contributed by atoms with Crippen molar-refractivity contribution in [3.8, 4) is 11.5 Å². The second-order valence-corrected chi connectivity index (χ2v) is 23.5. The number of aliphatic hydroxyl groups excluding tert-OH is 2. The molecule has 95 heavy (non-hydrogen) atoms. The van der Waals surface area contributed by atoms with Crippen molar-refractivity contribution in [1.82, 2.24) is 21.3 Å². The maximum atomic E-state index is 13.9. The third-order valence-electron chi connectivity index (χ3n) is 16.0. The van der Waals surface area contributed by atoms with Crippen LogP contribution in [-0.2, 0) is 47.7 Å². The van der Waals surface area contributed by atoms with Crippen LogP contribution in [0.4, 0.5) is 11.4 Å². The third-order valence-corrected chi connectivity index (χ3v) is 16.0. The maximum absolute atomic E-state index is 13.9. The van der Waals surface area contributed by atoms with E-state index in [9.17, 15) is 59.2 Å². The molecule has 0 spiro atoms. The highest BCUT2D eigenvalue weighted by molar-refractivity contribution is 5.97. The molecule has 2 aliphatic rings. The van der Waals surface area contributed by atoms with Gasteiger partial charge in [0, 0.05) is 84.7 Å². The molecule has 8 N–H and O–H groups in total. The van der Waals surface area contributed by atoms with Crippen LogP contribution in [0.5, 0.6) is 11.5 Å². The lowest BCUT2D eigenvalue weighted by molar-refractivity contribution is -0.563. The van der Waals surface area contributed by atoms with Gasteiger partial charge in [-0.3, -0.25) is 29.8 Å². The molecule has 0 saturated carbocycles. The molecule has 27 nitrogen and oxygen atoms in total. The first-order valence-electron chi connectivity index (χ1n) is 31.5. The van der Waals surface area contributed by atoms with Crippen LogP contribution in [0.25, 0.3) is 0 Å². The normalized spacial score (nSPS) is 19.6. The molecule has 0 aromatic heterocycles. The molecule has 0 fully saturated rings. The Morgan fingerprint density at radius 1 is 0.558 bits per heavy atom. The molecule has 520 valence electrons. The summed E-state index contributed by atoms with van der Waals surface area (Å²) in [6, 6.07) is 28.7. The number of carbonyl (C=O) groups is 6. The Morgan fingerprint density at radius 3 is 1.17 bits per heavy atom. The molecule has 4 aromatic carbocycles. The fraction of sp³-hybridized carbons (Fsp3) is 0.500. The van der Waals surface area contributed by atoms with E-state index in [4.69, 9.17) is 28.4 Å². The van der Waals surface area contributed by atoms with E-state index in [2.05, 4.69) is 21.3 Å². The van der Waals surface area contributed by atoms with Crippen molar-refractivity contribution in [1.29, 1.82) is 0 Å². The largest absolute Gasteiger partial charge is 0.491 e. The van der Waals surface area contributed by atoms with Crippen LogP contribution in [0.1, 0.15) is 119 Å². The molecule has 2 amide bonds. The Kier molecular flexibility index (Phi) is 30.7. The number of anilines is 2. The van der Waals surface area contributed by atoms with Crippen LogP contribution in [0.2, 0.25) is 0 Å². The van der Waals surface area contributed by atoms with Gasteiger partial charge >= 0.3 is 35.0 Å². The highest BCUT2D eigenvalue weighted by Crippen LogP contribution is 2.47. The van der Waals surface area contributed by atoms with Crippen molar-refractivity contribution in [3.63, 3.8) is 0 Å². The van der Waals surface area contributed by atoms with E-state index in [1.807, 2.05) is 27.7 Å². The first-order chi connectivity index (χ1) is 44.7. The molecular weight excluding hydrogens is 1230 g/mol. The number of ether oxygens (including phenoxy) is 6. The molecule has 0 radical (unpaired) electrons. The number of allylic oxidation sites excluding steroid dienone is 2. The highest BCUT2D eigenvalue weighted by Gasteiger charge is 2.69. The van der Waals surface area contributed by atoms with Crippen LogP contribution >= 0.6 is 0 Å². The van der Waals surface area contributed by atoms with Gasteiger partial charge in [0.05, 0.1) is 37.6 Å². The molecule has 0 aliphatic carbocycles. The number of aliphatic hydroxyl groups is 2. The molecular formula is C68H94N8O19. The summed E-state index contributed by atoms with van der Waals surface area (Å²) in [6.07, 6.45) is -1.00. The first-order valence-corrected chi connectivity index (χ1v) is 31.5. The summed E-state index contributed by atoms with van der Waals surface area (Å²) in [6.45, 7) is 21.3. The fourth-order valence-corrected chi connectivity index (χ4v) is 11.4. The second kappa shape index (κ2) is 37.2. The lowest BCUT2D eigenvalue weighted by atomic mass is 9.68. The predicted molar refractivity (Wildman–Crippen MR) is 355 cm³/mol. The van der Waals surface area contributed by atoms with Crippen LogP contribution in [-0.4, -0.2) is 175 Å². The number of esters is 4. The zero-order valence-electron chi connectivity index (χ0n) is 56.2. The molecule has 27 heteroatoms. The quantitative estimate of drug-likeness (QED) is 0.0110. The van der Waals surface area contributed by atoms with Gasteiger partial charge in [-0.05, 0) is 114 Å². The highest BCUT2D eigenvalue weighted by atomic mass is 16.7. The SMILES string of the molecule is CCOC(=O)C1=C(C)NC(C)C(C(=O)OCCCN(C(C)=O)c2ccc(OCC(O)CNC(C)C)cc2)([N+](=O)[O-])C1c1ccccc1.CCOC(=O)C1=C(C)NC(C)C(C(=O)OCCCN(C(C)=O)c2ccc(OCC(O)CNC(C)C)cc2)([N+](=O)[O-])C1c1ccccc1.O. The molecule has 2 aliphatic heterocycles. The molecule has 2 heterocycles. The number of hydrogen-bond donors (Lipinski definition) is 6. The smallest absolute Gasteiger partial charge is 0.388 e. The Morgan fingerprint density at radius 2 is 0.884 bits per heavy atom. The first kappa shape index (κ1) is 78.4. The van der Waals surface area contributed by atoms with E-state index in [0.29, 0.717) is 58.5 Å². The van der Waals surface area contributed by atoms with Crippen molar-refractivity contribution in [2.24, 2.45) is 0 Å². The number of nitrogens with one attached hydrogen (secondary N) is 4. The van der Waals surface area contributed by atoms with E-state index in [-0.39, 0.29) is 106 Å². The van der Waals surface area contributed by atoms with Gasteiger partial charge in [0.15, 0.2) is 0 Å². The molecule has 8 atom stereocenters. The van der Waals surface area contributed by atoms with Gasteiger partial charge in [0.1, 0.15) is 60.8 Å². The maximum Gasteiger partial charge on any atom is 0.388 e. The minimum atomic E-state index is -2.39. The monoisotopic (exact) mass is 1330 g/mol. The summed E-state index contributed by atoms with van der Waals surface area (Å²) < 4.78 is 33.0. The summed E-state index contributed by atoms with van der Waals surface area (Å²) in [7, 11) is 0. The number of benzene rings is 4. The van der Waals surface area contributed by atoms with Crippen molar-refractivity contribution >= 4 is 47.1 Å². The van der Waals surface area contributed by atoms with Crippen LogP contribution in [0, 0.1) is 20.2 Å². The van der Waals surface area contributed by atoms with E-state index in [0.717, 1.165) is 0 Å². The Hall–Kier alpha value is -9.02. The molecule has 4 aromatic rings. The predicted octanol–water partition coefficient (Wildman–Crippen LogP) is 5.85. The second-order valence-electron chi connectivity index (χ2n) is 23.5. The van der Waals surface area contributed by atoms with Crippen molar-refractivity contribution < 1.29 is 82.7 Å². The summed E-state index contributed by atoms with van der Waals surface area (Å²) >= 11 is 0. The Labute approximate surface area is 554 Å². The van der Waals surface area contributed by atoms with E-state index in [1.54, 1.807) is 137 Å². The number of nitro groups is 2. The van der Waals surface area contributed by atoms with Crippen molar-refractivity contribution in [2.45, 2.75) is 155 Å². The van der Waals surface area contributed by atoms with E-state index >= 15 is 0 Å². The zero-order chi connectivity index (χ0) is 69.5. The number of nitrogens with zero attached hydrogens (tertiary/aromatic N) is 4. The Balaban J connectivity index is 0.000000400. The van der Waals surface area contributed by atoms with Gasteiger partial charge in [-0.1, -0.05) is 88.4 Å². The van der Waals surface area contributed by atoms with Crippen LogP contribution in [0.15, 0.2) is 132 Å². The fourth-order valence-electron chi connectivity index (χ4n) is 11.4. The average Bonchev–Trinajstić information content (AvgIpc) is 0.731. The summed E-state index contributed by atoms with van der Waals surface area (Å²) in [5, 5.41) is 58.2. The summed E-state index contributed by atoms with van der Waals surface area (Å²) in [5.41, 5.74) is -2.10. The van der Waals surface area contributed by atoms with Gasteiger partial charge in [0.2, 0.25) is 11.8 Å². The van der Waals surface area contributed by atoms with Gasteiger partial charge in [-0.2, -0.15) is 0 Å². The molecule has 0 bridgehead atoms. The zero-order valence-corrected chi connectivity index (χ0v) is 56.2. The van der Waals surface area contributed by atoms with Crippen LogP contribution in [0.3, 0.4) is 0 Å². The van der Waals surface area contributed by atoms with Crippen molar-refractivity contribution in [3.05, 3.63) is 163 Å².